The Morgan fingerprint density at radius 3 is 2.61 bits per heavy atom. The van der Waals surface area contributed by atoms with Crippen molar-refractivity contribution in [1.82, 2.24) is 0 Å². The van der Waals surface area contributed by atoms with Crippen molar-refractivity contribution in [2.24, 2.45) is 11.8 Å². The molecule has 0 aliphatic heterocycles. The Labute approximate surface area is 112 Å². The molecular formula is C17H27N. The molecule has 1 heteroatoms. The van der Waals surface area contributed by atoms with Crippen LogP contribution in [0.2, 0.25) is 0 Å². The second-order valence-electron chi connectivity index (χ2n) is 6.02. The van der Waals surface area contributed by atoms with Crippen LogP contribution in [0.1, 0.15) is 52.0 Å². The highest BCUT2D eigenvalue weighted by Crippen LogP contribution is 2.31. The molecule has 1 N–H and O–H groups in total. The fourth-order valence-electron chi connectivity index (χ4n) is 3.05. The maximum atomic E-state index is 3.79. The molecule has 1 aliphatic rings. The zero-order valence-corrected chi connectivity index (χ0v) is 12.1. The molecule has 0 bridgehead atoms. The first-order valence-electron chi connectivity index (χ1n) is 7.55. The lowest BCUT2D eigenvalue weighted by molar-refractivity contribution is 0.261. The van der Waals surface area contributed by atoms with Crippen molar-refractivity contribution in [1.29, 1.82) is 0 Å². The van der Waals surface area contributed by atoms with E-state index < -0.39 is 0 Å². The first-order chi connectivity index (χ1) is 8.70. The van der Waals surface area contributed by atoms with Crippen LogP contribution in [0, 0.1) is 11.8 Å². The normalized spacial score (nSPS) is 28.1. The Morgan fingerprint density at radius 2 is 1.89 bits per heavy atom. The number of hydrogen-bond acceptors (Lipinski definition) is 1. The summed E-state index contributed by atoms with van der Waals surface area (Å²) >= 11 is 0. The van der Waals surface area contributed by atoms with E-state index in [1.54, 1.807) is 0 Å². The molecule has 1 saturated carbocycles. The maximum Gasteiger partial charge on any atom is 0.0374 e. The third-order valence-electron chi connectivity index (χ3n) is 4.49. The van der Waals surface area contributed by atoms with Crippen molar-refractivity contribution >= 4 is 5.69 Å². The van der Waals surface area contributed by atoms with E-state index in [0.29, 0.717) is 6.04 Å². The van der Waals surface area contributed by atoms with Gasteiger partial charge in [-0.15, -0.1) is 0 Å². The smallest absolute Gasteiger partial charge is 0.0374 e. The standard InChI is InChI=1S/C17H27N/c1-4-7-15-8-5-6-9-17(15)18-16-11-10-13(2)14(3)12-16/h5-6,8-9,13-14,16,18H,4,7,10-12H2,1-3H3. The highest BCUT2D eigenvalue weighted by molar-refractivity contribution is 5.51. The number of aryl methyl sites for hydroxylation is 1. The van der Waals surface area contributed by atoms with E-state index in [4.69, 9.17) is 0 Å². The number of para-hydroxylation sites is 1. The van der Waals surface area contributed by atoms with Gasteiger partial charge in [-0.05, 0) is 49.1 Å². The minimum atomic E-state index is 0.675. The van der Waals surface area contributed by atoms with E-state index in [1.165, 1.54) is 43.4 Å². The van der Waals surface area contributed by atoms with Gasteiger partial charge in [-0.2, -0.15) is 0 Å². The van der Waals surface area contributed by atoms with Crippen molar-refractivity contribution in [3.05, 3.63) is 29.8 Å². The van der Waals surface area contributed by atoms with Crippen molar-refractivity contribution < 1.29 is 0 Å². The predicted octanol–water partition coefficient (Wildman–Crippen LogP) is 4.88. The summed E-state index contributed by atoms with van der Waals surface area (Å²) < 4.78 is 0. The van der Waals surface area contributed by atoms with E-state index in [-0.39, 0.29) is 0 Å². The molecule has 2 rings (SSSR count). The van der Waals surface area contributed by atoms with Gasteiger partial charge in [-0.25, -0.2) is 0 Å². The molecule has 3 atom stereocenters. The first kappa shape index (κ1) is 13.5. The second kappa shape index (κ2) is 6.26. The maximum absolute atomic E-state index is 3.79. The number of nitrogens with one attached hydrogen (secondary N) is 1. The van der Waals surface area contributed by atoms with E-state index in [2.05, 4.69) is 50.4 Å². The number of hydrogen-bond donors (Lipinski definition) is 1. The number of anilines is 1. The van der Waals surface area contributed by atoms with Crippen LogP contribution in [0.25, 0.3) is 0 Å². The Kier molecular flexibility index (Phi) is 4.68. The van der Waals surface area contributed by atoms with Crippen LogP contribution in [0.15, 0.2) is 24.3 Å². The molecule has 1 aliphatic carbocycles. The summed E-state index contributed by atoms with van der Waals surface area (Å²) in [5, 5.41) is 3.79. The topological polar surface area (TPSA) is 12.0 Å². The van der Waals surface area contributed by atoms with Gasteiger partial charge in [0, 0.05) is 11.7 Å². The average Bonchev–Trinajstić information content (AvgIpc) is 2.37. The Morgan fingerprint density at radius 1 is 1.11 bits per heavy atom. The van der Waals surface area contributed by atoms with Gasteiger partial charge < -0.3 is 5.32 Å². The zero-order valence-electron chi connectivity index (χ0n) is 12.1. The molecule has 0 amide bonds. The van der Waals surface area contributed by atoms with Crippen LogP contribution in [-0.2, 0) is 6.42 Å². The SMILES string of the molecule is CCCc1ccccc1NC1CCC(C)C(C)C1. The van der Waals surface area contributed by atoms with Gasteiger partial charge in [0.05, 0.1) is 0 Å². The van der Waals surface area contributed by atoms with Gasteiger partial charge in [0.2, 0.25) is 0 Å². The van der Waals surface area contributed by atoms with Gasteiger partial charge in [-0.1, -0.05) is 45.4 Å². The summed E-state index contributed by atoms with van der Waals surface area (Å²) in [6.45, 7) is 7.05. The molecular weight excluding hydrogens is 218 g/mol. The van der Waals surface area contributed by atoms with Crippen molar-refractivity contribution in [3.8, 4) is 0 Å². The van der Waals surface area contributed by atoms with Crippen molar-refractivity contribution in [3.63, 3.8) is 0 Å². The van der Waals surface area contributed by atoms with Crippen LogP contribution in [0.3, 0.4) is 0 Å². The number of rotatable bonds is 4. The van der Waals surface area contributed by atoms with Crippen LogP contribution in [-0.4, -0.2) is 6.04 Å². The van der Waals surface area contributed by atoms with Crippen molar-refractivity contribution in [2.45, 2.75) is 58.9 Å². The molecule has 1 aromatic carbocycles. The van der Waals surface area contributed by atoms with E-state index in [0.717, 1.165) is 11.8 Å². The van der Waals surface area contributed by atoms with Crippen LogP contribution < -0.4 is 5.32 Å². The fraction of sp³-hybridized carbons (Fsp3) is 0.647. The highest BCUT2D eigenvalue weighted by Gasteiger charge is 2.24. The lowest BCUT2D eigenvalue weighted by Gasteiger charge is -2.33. The summed E-state index contributed by atoms with van der Waals surface area (Å²) in [6.07, 6.45) is 6.42. The minimum Gasteiger partial charge on any atom is -0.382 e. The Bertz CT molecular complexity index is 372. The lowest BCUT2D eigenvalue weighted by atomic mass is 9.79. The third kappa shape index (κ3) is 3.28. The number of benzene rings is 1. The van der Waals surface area contributed by atoms with Crippen molar-refractivity contribution in [2.75, 3.05) is 5.32 Å². The summed E-state index contributed by atoms with van der Waals surface area (Å²) in [5.74, 6) is 1.75. The monoisotopic (exact) mass is 245 g/mol. The summed E-state index contributed by atoms with van der Waals surface area (Å²) in [5.41, 5.74) is 2.84. The zero-order chi connectivity index (χ0) is 13.0. The van der Waals surface area contributed by atoms with E-state index >= 15 is 0 Å². The van der Waals surface area contributed by atoms with Crippen LogP contribution >= 0.6 is 0 Å². The molecule has 1 fully saturated rings. The van der Waals surface area contributed by atoms with Gasteiger partial charge in [0.15, 0.2) is 0 Å². The average molecular weight is 245 g/mol. The quantitative estimate of drug-likeness (QED) is 0.797. The first-order valence-corrected chi connectivity index (χ1v) is 7.55. The minimum absolute atomic E-state index is 0.675. The molecule has 18 heavy (non-hydrogen) atoms. The van der Waals surface area contributed by atoms with Crippen LogP contribution in [0.5, 0.6) is 0 Å². The fourth-order valence-corrected chi connectivity index (χ4v) is 3.05. The summed E-state index contributed by atoms with van der Waals surface area (Å²) in [4.78, 5) is 0. The van der Waals surface area contributed by atoms with E-state index in [1.807, 2.05) is 0 Å². The lowest BCUT2D eigenvalue weighted by Crippen LogP contribution is -2.30. The predicted molar refractivity (Wildman–Crippen MR) is 80.0 cm³/mol. The summed E-state index contributed by atoms with van der Waals surface area (Å²) in [6, 6.07) is 9.49. The molecule has 0 saturated heterocycles. The van der Waals surface area contributed by atoms with Gasteiger partial charge >= 0.3 is 0 Å². The molecule has 1 nitrogen and oxygen atoms in total. The van der Waals surface area contributed by atoms with E-state index in [9.17, 15) is 0 Å². The molecule has 3 unspecified atom stereocenters. The molecule has 0 heterocycles. The van der Waals surface area contributed by atoms with Gasteiger partial charge in [0.1, 0.15) is 0 Å². The molecule has 0 aromatic heterocycles. The molecule has 1 aromatic rings. The third-order valence-corrected chi connectivity index (χ3v) is 4.49. The molecule has 0 radical (unpaired) electrons. The summed E-state index contributed by atoms with van der Waals surface area (Å²) in [7, 11) is 0. The Hall–Kier alpha value is -0.980. The second-order valence-corrected chi connectivity index (χ2v) is 6.02. The molecule has 100 valence electrons. The highest BCUT2D eigenvalue weighted by atomic mass is 14.9. The van der Waals surface area contributed by atoms with Gasteiger partial charge in [-0.3, -0.25) is 0 Å². The molecule has 0 spiro atoms. The largest absolute Gasteiger partial charge is 0.382 e. The Balaban J connectivity index is 2.01. The van der Waals surface area contributed by atoms with Gasteiger partial charge in [0.25, 0.3) is 0 Å². The van der Waals surface area contributed by atoms with Crippen LogP contribution in [0.4, 0.5) is 5.69 Å².